The summed E-state index contributed by atoms with van der Waals surface area (Å²) in [4.78, 5) is 12.6. The molecule has 0 aliphatic rings. The lowest BCUT2D eigenvalue weighted by molar-refractivity contribution is -0.121. The second kappa shape index (κ2) is 6.37. The number of Topliss-reactive ketones (excluding diaryl/α,β-unsaturated/α-hetero) is 1. The lowest BCUT2D eigenvalue weighted by Crippen LogP contribution is -2.21. The summed E-state index contributed by atoms with van der Waals surface area (Å²) in [5.41, 5.74) is 1.11. The van der Waals surface area contributed by atoms with E-state index in [2.05, 4.69) is 13.8 Å². The molecule has 100 valence electrons. The second-order valence-corrected chi connectivity index (χ2v) is 5.00. The molecule has 2 rings (SSSR count). The van der Waals surface area contributed by atoms with Crippen LogP contribution in [0.3, 0.4) is 0 Å². The SMILES string of the molecule is CCC(C)C(C(=O)Cc1ccco1)c1ccccc1. The van der Waals surface area contributed by atoms with E-state index in [1.807, 2.05) is 42.5 Å². The minimum Gasteiger partial charge on any atom is -0.469 e. The van der Waals surface area contributed by atoms with Gasteiger partial charge >= 0.3 is 0 Å². The number of hydrogen-bond donors (Lipinski definition) is 0. The van der Waals surface area contributed by atoms with E-state index < -0.39 is 0 Å². The number of carbonyl (C=O) groups is 1. The van der Waals surface area contributed by atoms with Gasteiger partial charge in [0.1, 0.15) is 11.5 Å². The third-order valence-electron chi connectivity index (χ3n) is 3.65. The van der Waals surface area contributed by atoms with Crippen molar-refractivity contribution in [3.8, 4) is 0 Å². The number of hydrogen-bond acceptors (Lipinski definition) is 2. The highest BCUT2D eigenvalue weighted by atomic mass is 16.3. The summed E-state index contributed by atoms with van der Waals surface area (Å²) in [6.45, 7) is 4.26. The van der Waals surface area contributed by atoms with Crippen LogP contribution in [0.15, 0.2) is 53.1 Å². The molecular weight excluding hydrogens is 236 g/mol. The highest BCUT2D eigenvalue weighted by molar-refractivity contribution is 5.87. The molecule has 1 heterocycles. The average Bonchev–Trinajstić information content (AvgIpc) is 2.93. The molecule has 1 aromatic carbocycles. The Morgan fingerprint density at radius 3 is 2.47 bits per heavy atom. The quantitative estimate of drug-likeness (QED) is 0.774. The molecule has 1 aromatic heterocycles. The van der Waals surface area contributed by atoms with Crippen molar-refractivity contribution in [2.24, 2.45) is 5.92 Å². The normalized spacial score (nSPS) is 14.0. The Morgan fingerprint density at radius 2 is 1.89 bits per heavy atom. The Balaban J connectivity index is 2.20. The number of furan rings is 1. The number of rotatable bonds is 6. The van der Waals surface area contributed by atoms with E-state index in [0.717, 1.165) is 17.7 Å². The van der Waals surface area contributed by atoms with Gasteiger partial charge in [-0.3, -0.25) is 4.79 Å². The van der Waals surface area contributed by atoms with Crippen LogP contribution in [0.2, 0.25) is 0 Å². The van der Waals surface area contributed by atoms with Gasteiger partial charge in [0.25, 0.3) is 0 Å². The summed E-state index contributed by atoms with van der Waals surface area (Å²) < 4.78 is 5.28. The Bertz CT molecular complexity index is 499. The molecular formula is C17H20O2. The Hall–Kier alpha value is -1.83. The molecule has 0 aliphatic carbocycles. The van der Waals surface area contributed by atoms with Gasteiger partial charge in [-0.05, 0) is 23.6 Å². The third-order valence-corrected chi connectivity index (χ3v) is 3.65. The van der Waals surface area contributed by atoms with Gasteiger partial charge in [0.05, 0.1) is 12.7 Å². The van der Waals surface area contributed by atoms with Gasteiger partial charge < -0.3 is 4.42 Å². The van der Waals surface area contributed by atoms with E-state index >= 15 is 0 Å². The maximum absolute atomic E-state index is 12.6. The molecule has 19 heavy (non-hydrogen) atoms. The molecule has 0 fully saturated rings. The summed E-state index contributed by atoms with van der Waals surface area (Å²) >= 11 is 0. The Kier molecular flexibility index (Phi) is 4.56. The summed E-state index contributed by atoms with van der Waals surface area (Å²) in [6.07, 6.45) is 2.98. The minimum absolute atomic E-state index is 0.0451. The van der Waals surface area contributed by atoms with Gasteiger partial charge in [-0.25, -0.2) is 0 Å². The first-order chi connectivity index (χ1) is 9.22. The molecule has 0 saturated carbocycles. The topological polar surface area (TPSA) is 30.2 Å². The first-order valence-electron chi connectivity index (χ1n) is 6.82. The molecule has 2 unspecified atom stereocenters. The van der Waals surface area contributed by atoms with Crippen molar-refractivity contribution in [2.75, 3.05) is 0 Å². The van der Waals surface area contributed by atoms with Gasteiger partial charge in [-0.1, -0.05) is 50.6 Å². The van der Waals surface area contributed by atoms with Crippen molar-refractivity contribution in [3.05, 3.63) is 60.1 Å². The van der Waals surface area contributed by atoms with Crippen molar-refractivity contribution in [1.82, 2.24) is 0 Å². The van der Waals surface area contributed by atoms with E-state index in [0.29, 0.717) is 12.3 Å². The van der Waals surface area contributed by atoms with Crippen LogP contribution in [-0.2, 0) is 11.2 Å². The van der Waals surface area contributed by atoms with Crippen molar-refractivity contribution >= 4 is 5.78 Å². The molecule has 2 nitrogen and oxygen atoms in total. The van der Waals surface area contributed by atoms with Crippen molar-refractivity contribution in [1.29, 1.82) is 0 Å². The fraction of sp³-hybridized carbons (Fsp3) is 0.353. The molecule has 0 spiro atoms. The average molecular weight is 256 g/mol. The fourth-order valence-corrected chi connectivity index (χ4v) is 2.42. The van der Waals surface area contributed by atoms with Crippen LogP contribution in [0.5, 0.6) is 0 Å². The Labute approximate surface area is 114 Å². The summed E-state index contributed by atoms with van der Waals surface area (Å²) in [5, 5.41) is 0. The van der Waals surface area contributed by atoms with Crippen LogP contribution < -0.4 is 0 Å². The summed E-state index contributed by atoms with van der Waals surface area (Å²) in [7, 11) is 0. The first kappa shape index (κ1) is 13.6. The number of benzene rings is 1. The zero-order valence-corrected chi connectivity index (χ0v) is 11.5. The van der Waals surface area contributed by atoms with Gasteiger partial charge in [0.15, 0.2) is 0 Å². The lowest BCUT2D eigenvalue weighted by Gasteiger charge is -2.22. The van der Waals surface area contributed by atoms with Crippen LogP contribution in [0.25, 0.3) is 0 Å². The van der Waals surface area contributed by atoms with Gasteiger partial charge in [-0.2, -0.15) is 0 Å². The smallest absolute Gasteiger partial charge is 0.148 e. The first-order valence-corrected chi connectivity index (χ1v) is 6.82. The van der Waals surface area contributed by atoms with Gasteiger partial charge in [-0.15, -0.1) is 0 Å². The zero-order chi connectivity index (χ0) is 13.7. The molecule has 2 atom stereocenters. The molecule has 0 bridgehead atoms. The van der Waals surface area contributed by atoms with Crippen molar-refractivity contribution in [2.45, 2.75) is 32.6 Å². The molecule has 2 heteroatoms. The fourth-order valence-electron chi connectivity index (χ4n) is 2.42. The molecule has 0 aliphatic heterocycles. The van der Waals surface area contributed by atoms with Crippen LogP contribution in [0.4, 0.5) is 0 Å². The zero-order valence-electron chi connectivity index (χ0n) is 11.5. The second-order valence-electron chi connectivity index (χ2n) is 5.00. The van der Waals surface area contributed by atoms with E-state index in [1.165, 1.54) is 0 Å². The standard InChI is InChI=1S/C17H20O2/c1-3-13(2)17(14-8-5-4-6-9-14)16(18)12-15-10-7-11-19-15/h4-11,13,17H,3,12H2,1-2H3. The molecule has 0 radical (unpaired) electrons. The highest BCUT2D eigenvalue weighted by Gasteiger charge is 2.26. The van der Waals surface area contributed by atoms with E-state index in [1.54, 1.807) is 6.26 Å². The monoisotopic (exact) mass is 256 g/mol. The maximum Gasteiger partial charge on any atom is 0.148 e. The van der Waals surface area contributed by atoms with Crippen LogP contribution >= 0.6 is 0 Å². The predicted octanol–water partition coefficient (Wildman–Crippen LogP) is 4.22. The number of ketones is 1. The molecule has 0 amide bonds. The van der Waals surface area contributed by atoms with Crippen LogP contribution in [-0.4, -0.2) is 5.78 Å². The minimum atomic E-state index is -0.0451. The third kappa shape index (κ3) is 3.34. The molecule has 0 saturated heterocycles. The summed E-state index contributed by atoms with van der Waals surface area (Å²) in [6, 6.07) is 13.7. The number of carbonyl (C=O) groups excluding carboxylic acids is 1. The molecule has 0 N–H and O–H groups in total. The van der Waals surface area contributed by atoms with E-state index in [4.69, 9.17) is 4.42 Å². The van der Waals surface area contributed by atoms with E-state index in [9.17, 15) is 4.79 Å². The van der Waals surface area contributed by atoms with E-state index in [-0.39, 0.29) is 11.7 Å². The highest BCUT2D eigenvalue weighted by Crippen LogP contribution is 2.29. The maximum atomic E-state index is 12.6. The van der Waals surface area contributed by atoms with Gasteiger partial charge in [0.2, 0.25) is 0 Å². The lowest BCUT2D eigenvalue weighted by atomic mass is 9.81. The van der Waals surface area contributed by atoms with Crippen LogP contribution in [0.1, 0.15) is 37.5 Å². The Morgan fingerprint density at radius 1 is 1.16 bits per heavy atom. The summed E-state index contributed by atoms with van der Waals surface area (Å²) in [5.74, 6) is 1.27. The van der Waals surface area contributed by atoms with Crippen LogP contribution in [0, 0.1) is 5.92 Å². The van der Waals surface area contributed by atoms with Crippen molar-refractivity contribution in [3.63, 3.8) is 0 Å². The van der Waals surface area contributed by atoms with Gasteiger partial charge in [0, 0.05) is 5.92 Å². The molecule has 2 aromatic rings. The van der Waals surface area contributed by atoms with Crippen molar-refractivity contribution < 1.29 is 9.21 Å². The largest absolute Gasteiger partial charge is 0.469 e. The predicted molar refractivity (Wildman–Crippen MR) is 76.1 cm³/mol.